The molecule has 0 saturated carbocycles. The van der Waals surface area contributed by atoms with E-state index in [0.717, 1.165) is 21.9 Å². The number of aryl methyl sites for hydroxylation is 2. The number of hydrogen-bond acceptors (Lipinski definition) is 4. The lowest BCUT2D eigenvalue weighted by Gasteiger charge is -2.16. The highest BCUT2D eigenvalue weighted by Crippen LogP contribution is 2.28. The smallest absolute Gasteiger partial charge is 0.115 e. The molecular weight excluding hydrogens is 230 g/mol. The molecule has 0 spiro atoms. The summed E-state index contributed by atoms with van der Waals surface area (Å²) in [5, 5.41) is 4.52. The fourth-order valence-electron chi connectivity index (χ4n) is 1.74. The molecule has 0 saturated heterocycles. The zero-order valence-electron chi connectivity index (χ0n) is 10.3. The van der Waals surface area contributed by atoms with Crippen molar-refractivity contribution in [2.75, 3.05) is 11.1 Å². The van der Waals surface area contributed by atoms with Gasteiger partial charge in [0, 0.05) is 11.1 Å². The summed E-state index contributed by atoms with van der Waals surface area (Å²) in [4.78, 5) is 5.61. The molecule has 1 atom stereocenters. The van der Waals surface area contributed by atoms with E-state index in [1.165, 1.54) is 4.88 Å². The number of aromatic nitrogens is 1. The van der Waals surface area contributed by atoms with Crippen molar-refractivity contribution >= 4 is 22.7 Å². The molecule has 1 unspecified atom stereocenters. The summed E-state index contributed by atoms with van der Waals surface area (Å²) in [6.07, 6.45) is 1.90. The van der Waals surface area contributed by atoms with Crippen molar-refractivity contribution in [3.63, 3.8) is 0 Å². The highest BCUT2D eigenvalue weighted by atomic mass is 32.1. The summed E-state index contributed by atoms with van der Waals surface area (Å²) in [5.41, 5.74) is 8.92. The zero-order chi connectivity index (χ0) is 12.4. The molecule has 1 aromatic heterocycles. The molecule has 3 nitrogen and oxygen atoms in total. The fraction of sp³-hybridized carbons (Fsp3) is 0.308. The first-order valence-corrected chi connectivity index (χ1v) is 6.43. The van der Waals surface area contributed by atoms with Crippen molar-refractivity contribution < 1.29 is 0 Å². The lowest BCUT2D eigenvalue weighted by molar-refractivity contribution is 0.868. The second-order valence-electron chi connectivity index (χ2n) is 4.21. The molecule has 2 aromatic rings. The number of thiazole rings is 1. The summed E-state index contributed by atoms with van der Waals surface area (Å²) in [6, 6.07) is 6.11. The molecular formula is C13H17N3S. The van der Waals surface area contributed by atoms with Crippen LogP contribution in [-0.2, 0) is 0 Å². The largest absolute Gasteiger partial charge is 0.397 e. The maximum absolute atomic E-state index is 5.97. The SMILES string of the molecule is Cc1cnc(C(C)Nc2c(C)cccc2N)s1. The highest BCUT2D eigenvalue weighted by molar-refractivity contribution is 7.11. The minimum atomic E-state index is 0.178. The Balaban J connectivity index is 2.21. The van der Waals surface area contributed by atoms with Crippen LogP contribution >= 0.6 is 11.3 Å². The van der Waals surface area contributed by atoms with Gasteiger partial charge in [0.1, 0.15) is 5.01 Å². The van der Waals surface area contributed by atoms with Gasteiger partial charge in [0.2, 0.25) is 0 Å². The van der Waals surface area contributed by atoms with Crippen LogP contribution in [0.5, 0.6) is 0 Å². The molecule has 90 valence electrons. The molecule has 4 heteroatoms. The molecule has 0 amide bonds. The van der Waals surface area contributed by atoms with Crippen LogP contribution in [0, 0.1) is 13.8 Å². The van der Waals surface area contributed by atoms with E-state index >= 15 is 0 Å². The Hall–Kier alpha value is -1.55. The molecule has 0 aliphatic rings. The maximum atomic E-state index is 5.97. The standard InChI is InChI=1S/C13H17N3S/c1-8-5-4-6-11(14)12(8)16-10(3)13-15-7-9(2)17-13/h4-7,10,16H,14H2,1-3H3. The van der Waals surface area contributed by atoms with Crippen LogP contribution in [0.25, 0.3) is 0 Å². The van der Waals surface area contributed by atoms with Gasteiger partial charge in [-0.25, -0.2) is 4.98 Å². The van der Waals surface area contributed by atoms with E-state index in [1.54, 1.807) is 11.3 Å². The van der Waals surface area contributed by atoms with Crippen molar-refractivity contribution in [2.45, 2.75) is 26.8 Å². The summed E-state index contributed by atoms with van der Waals surface area (Å²) >= 11 is 1.71. The first kappa shape index (κ1) is 11.9. The number of nitrogens with one attached hydrogen (secondary N) is 1. The second kappa shape index (κ2) is 4.75. The van der Waals surface area contributed by atoms with Gasteiger partial charge >= 0.3 is 0 Å². The van der Waals surface area contributed by atoms with Crippen molar-refractivity contribution in [3.05, 3.63) is 39.8 Å². The highest BCUT2D eigenvalue weighted by Gasteiger charge is 2.11. The Morgan fingerprint density at radius 1 is 1.35 bits per heavy atom. The van der Waals surface area contributed by atoms with E-state index in [9.17, 15) is 0 Å². The molecule has 0 bridgehead atoms. The van der Waals surface area contributed by atoms with Crippen molar-refractivity contribution in [1.82, 2.24) is 4.98 Å². The zero-order valence-corrected chi connectivity index (χ0v) is 11.1. The normalized spacial score (nSPS) is 12.4. The molecule has 17 heavy (non-hydrogen) atoms. The number of para-hydroxylation sites is 1. The summed E-state index contributed by atoms with van der Waals surface area (Å²) < 4.78 is 0. The number of hydrogen-bond donors (Lipinski definition) is 2. The van der Waals surface area contributed by atoms with E-state index in [4.69, 9.17) is 5.73 Å². The van der Waals surface area contributed by atoms with Gasteiger partial charge in [0.15, 0.2) is 0 Å². The van der Waals surface area contributed by atoms with Crippen LogP contribution in [0.2, 0.25) is 0 Å². The number of nitrogens with two attached hydrogens (primary N) is 1. The van der Waals surface area contributed by atoms with E-state index < -0.39 is 0 Å². The van der Waals surface area contributed by atoms with E-state index in [-0.39, 0.29) is 6.04 Å². The van der Waals surface area contributed by atoms with E-state index in [2.05, 4.69) is 37.1 Å². The number of anilines is 2. The predicted octanol–water partition coefficient (Wildman–Crippen LogP) is 3.52. The second-order valence-corrected chi connectivity index (χ2v) is 5.48. The molecule has 0 aliphatic heterocycles. The third-order valence-corrected chi connectivity index (χ3v) is 3.77. The summed E-state index contributed by atoms with van der Waals surface area (Å²) in [5.74, 6) is 0. The van der Waals surface area contributed by atoms with Gasteiger partial charge in [-0.3, -0.25) is 0 Å². The third-order valence-electron chi connectivity index (χ3n) is 2.68. The van der Waals surface area contributed by atoms with Crippen molar-refractivity contribution in [1.29, 1.82) is 0 Å². The van der Waals surface area contributed by atoms with E-state index in [0.29, 0.717) is 0 Å². The Labute approximate surface area is 106 Å². The van der Waals surface area contributed by atoms with Gasteiger partial charge in [0.25, 0.3) is 0 Å². The van der Waals surface area contributed by atoms with Crippen LogP contribution in [0.3, 0.4) is 0 Å². The summed E-state index contributed by atoms with van der Waals surface area (Å²) in [7, 11) is 0. The minimum absolute atomic E-state index is 0.178. The lowest BCUT2D eigenvalue weighted by atomic mass is 10.1. The molecule has 0 aliphatic carbocycles. The van der Waals surface area contributed by atoms with Gasteiger partial charge < -0.3 is 11.1 Å². The van der Waals surface area contributed by atoms with Gasteiger partial charge in [-0.05, 0) is 32.4 Å². The first-order chi connectivity index (χ1) is 8.08. The Morgan fingerprint density at radius 2 is 2.12 bits per heavy atom. The minimum Gasteiger partial charge on any atom is -0.397 e. The van der Waals surface area contributed by atoms with Crippen LogP contribution in [0.4, 0.5) is 11.4 Å². The molecule has 0 fully saturated rings. The van der Waals surface area contributed by atoms with Gasteiger partial charge in [-0.15, -0.1) is 11.3 Å². The van der Waals surface area contributed by atoms with Gasteiger partial charge in [0.05, 0.1) is 17.4 Å². The quantitative estimate of drug-likeness (QED) is 0.816. The molecule has 1 aromatic carbocycles. The topological polar surface area (TPSA) is 50.9 Å². The lowest BCUT2D eigenvalue weighted by Crippen LogP contribution is -2.09. The molecule has 0 radical (unpaired) electrons. The average molecular weight is 247 g/mol. The van der Waals surface area contributed by atoms with Crippen LogP contribution in [-0.4, -0.2) is 4.98 Å². The Bertz CT molecular complexity index is 499. The Morgan fingerprint density at radius 3 is 2.71 bits per heavy atom. The first-order valence-electron chi connectivity index (χ1n) is 5.62. The van der Waals surface area contributed by atoms with Crippen molar-refractivity contribution in [2.24, 2.45) is 0 Å². The molecule has 1 heterocycles. The monoisotopic (exact) mass is 247 g/mol. The number of rotatable bonds is 3. The molecule has 3 N–H and O–H groups in total. The Kier molecular flexibility index (Phi) is 3.33. The van der Waals surface area contributed by atoms with Crippen molar-refractivity contribution in [3.8, 4) is 0 Å². The third kappa shape index (κ3) is 2.58. The number of benzene rings is 1. The average Bonchev–Trinajstić information content (AvgIpc) is 2.70. The number of nitrogen functional groups attached to an aromatic ring is 1. The summed E-state index contributed by atoms with van der Waals surface area (Å²) in [6.45, 7) is 6.22. The fourth-order valence-corrected chi connectivity index (χ4v) is 2.51. The van der Waals surface area contributed by atoms with E-state index in [1.807, 2.05) is 18.3 Å². The predicted molar refractivity (Wildman–Crippen MR) is 74.5 cm³/mol. The van der Waals surface area contributed by atoms with Gasteiger partial charge in [-0.1, -0.05) is 12.1 Å². The van der Waals surface area contributed by atoms with Crippen LogP contribution in [0.15, 0.2) is 24.4 Å². The van der Waals surface area contributed by atoms with Crippen LogP contribution < -0.4 is 11.1 Å². The molecule has 2 rings (SSSR count). The van der Waals surface area contributed by atoms with Gasteiger partial charge in [-0.2, -0.15) is 0 Å². The number of nitrogens with zero attached hydrogens (tertiary/aromatic N) is 1. The maximum Gasteiger partial charge on any atom is 0.115 e. The van der Waals surface area contributed by atoms with Crippen LogP contribution in [0.1, 0.15) is 28.4 Å².